The van der Waals surface area contributed by atoms with E-state index in [4.69, 9.17) is 0 Å². The first-order valence-corrected chi connectivity index (χ1v) is 17.9. The van der Waals surface area contributed by atoms with Crippen LogP contribution in [0.4, 0.5) is 11.4 Å². The summed E-state index contributed by atoms with van der Waals surface area (Å²) in [5.41, 5.74) is 15.2. The number of anilines is 2. The smallest absolute Gasteiger partial charge is 0.0992 e. The molecule has 0 bridgehead atoms. The number of hydrogen-bond acceptors (Lipinski definition) is 2. The minimum atomic E-state index is 0.637. The first-order valence-electron chi connectivity index (χ1n) is 17.9. The van der Waals surface area contributed by atoms with E-state index in [2.05, 4.69) is 186 Å². The zero-order chi connectivity index (χ0) is 35.7. The highest BCUT2D eigenvalue weighted by Crippen LogP contribution is 2.40. The van der Waals surface area contributed by atoms with Gasteiger partial charge in [0.25, 0.3) is 0 Å². The monoisotopic (exact) mass is 677 g/mol. The Morgan fingerprint density at radius 3 is 2.00 bits per heavy atom. The largest absolute Gasteiger partial charge is 0.337 e. The van der Waals surface area contributed by atoms with E-state index in [-0.39, 0.29) is 0 Å². The van der Waals surface area contributed by atoms with Crippen LogP contribution in [0.5, 0.6) is 0 Å². The minimum absolute atomic E-state index is 0.637. The second-order valence-corrected chi connectivity index (χ2v) is 13.4. The van der Waals surface area contributed by atoms with Crippen LogP contribution in [0, 0.1) is 11.3 Å². The second-order valence-electron chi connectivity index (χ2n) is 13.4. The molecule has 0 unspecified atom stereocenters. The average Bonchev–Trinajstić information content (AvgIpc) is 3.59. The van der Waals surface area contributed by atoms with E-state index >= 15 is 0 Å². The van der Waals surface area contributed by atoms with Crippen LogP contribution in [0.15, 0.2) is 195 Å². The number of fused-ring (bicyclic) bond motifs is 4. The summed E-state index contributed by atoms with van der Waals surface area (Å²) < 4.78 is 2.38. The van der Waals surface area contributed by atoms with E-state index in [1.54, 1.807) is 0 Å². The van der Waals surface area contributed by atoms with Gasteiger partial charge in [-0.05, 0) is 99.6 Å². The van der Waals surface area contributed by atoms with Gasteiger partial charge in [-0.3, -0.25) is 0 Å². The second kappa shape index (κ2) is 13.5. The molecular weight excluding hydrogens is 643 g/mol. The topological polar surface area (TPSA) is 32.0 Å². The van der Waals surface area contributed by atoms with Gasteiger partial charge < -0.3 is 9.47 Å². The van der Waals surface area contributed by atoms with Gasteiger partial charge >= 0.3 is 0 Å². The third-order valence-corrected chi connectivity index (χ3v) is 10.2. The molecule has 0 fully saturated rings. The Hall–Kier alpha value is -7.15. The summed E-state index contributed by atoms with van der Waals surface area (Å²) >= 11 is 0. The van der Waals surface area contributed by atoms with Crippen LogP contribution < -0.4 is 4.90 Å². The average molecular weight is 678 g/mol. The Labute approximate surface area is 309 Å². The Balaban J connectivity index is 1.12. The summed E-state index contributed by atoms with van der Waals surface area (Å²) in [5.74, 6) is 0. The highest BCUT2D eigenvalue weighted by Gasteiger charge is 2.18. The third-order valence-electron chi connectivity index (χ3n) is 10.2. The van der Waals surface area contributed by atoms with E-state index in [0.717, 1.165) is 44.8 Å². The summed E-state index contributed by atoms with van der Waals surface area (Å²) in [6, 6.07) is 60.4. The molecule has 1 aliphatic heterocycles. The van der Waals surface area contributed by atoms with E-state index in [0.29, 0.717) is 12.1 Å². The van der Waals surface area contributed by atoms with Gasteiger partial charge in [-0.1, -0.05) is 134 Å². The van der Waals surface area contributed by atoms with Crippen molar-refractivity contribution in [1.29, 1.82) is 5.26 Å². The molecule has 1 aliphatic rings. The summed E-state index contributed by atoms with van der Waals surface area (Å²) in [4.78, 5) is 2.25. The number of hydrogen-bond donors (Lipinski definition) is 0. The molecule has 0 spiro atoms. The van der Waals surface area contributed by atoms with Gasteiger partial charge in [0, 0.05) is 39.9 Å². The first kappa shape index (κ1) is 31.8. The molecule has 9 rings (SSSR count). The van der Waals surface area contributed by atoms with E-state index in [1.807, 2.05) is 24.3 Å². The van der Waals surface area contributed by atoms with Crippen molar-refractivity contribution >= 4 is 38.8 Å². The lowest BCUT2D eigenvalue weighted by Gasteiger charge is -2.27. The Kier molecular flexibility index (Phi) is 8.12. The van der Waals surface area contributed by atoms with Crippen molar-refractivity contribution in [2.75, 3.05) is 11.4 Å². The molecule has 1 aromatic heterocycles. The van der Waals surface area contributed by atoms with Crippen LogP contribution in [0.25, 0.3) is 66.4 Å². The fraction of sp³-hybridized carbons (Fsp3) is 0.0200. The molecule has 0 N–H and O–H groups in total. The van der Waals surface area contributed by atoms with Crippen LogP contribution in [-0.4, -0.2) is 11.1 Å². The molecule has 7 aromatic carbocycles. The van der Waals surface area contributed by atoms with Crippen molar-refractivity contribution in [2.24, 2.45) is 0 Å². The van der Waals surface area contributed by atoms with E-state index in [1.165, 1.54) is 38.5 Å². The highest BCUT2D eigenvalue weighted by molar-refractivity contribution is 6.10. The number of para-hydroxylation sites is 1. The predicted octanol–water partition coefficient (Wildman–Crippen LogP) is 12.9. The Bertz CT molecular complexity index is 2770. The standard InChI is InChI=1S/C50H35N3/c1-35-12-4-3-9-29-52(43-17-10-13-36(30-43)34-51)48-27-25-41(32-46(35)48)42-26-28-50-47(33-42)45-19-7-8-20-49(45)53(50)44-18-11-16-40(31-44)39-23-21-38(22-24-39)37-14-5-2-6-15-37/h2-28,30-33H,1,29H2/b9-3-,12-4-. The molecule has 0 saturated carbocycles. The summed E-state index contributed by atoms with van der Waals surface area (Å²) in [5, 5.41) is 12.0. The minimum Gasteiger partial charge on any atom is -0.337 e. The van der Waals surface area contributed by atoms with Gasteiger partial charge in [0.2, 0.25) is 0 Å². The lowest BCUT2D eigenvalue weighted by atomic mass is 9.96. The van der Waals surface area contributed by atoms with E-state index in [9.17, 15) is 5.26 Å². The Morgan fingerprint density at radius 1 is 0.509 bits per heavy atom. The van der Waals surface area contributed by atoms with Crippen molar-refractivity contribution in [3.8, 4) is 45.1 Å². The highest BCUT2D eigenvalue weighted by atomic mass is 15.1. The van der Waals surface area contributed by atoms with Crippen molar-refractivity contribution in [1.82, 2.24) is 4.57 Å². The molecular formula is C50H35N3. The molecule has 2 heterocycles. The zero-order valence-corrected chi connectivity index (χ0v) is 29.2. The fourth-order valence-electron chi connectivity index (χ4n) is 7.54. The molecule has 0 saturated heterocycles. The molecule has 250 valence electrons. The third kappa shape index (κ3) is 5.93. The van der Waals surface area contributed by atoms with Crippen molar-refractivity contribution in [3.63, 3.8) is 0 Å². The maximum Gasteiger partial charge on any atom is 0.0992 e. The first-order chi connectivity index (χ1) is 26.1. The van der Waals surface area contributed by atoms with Crippen LogP contribution in [0.1, 0.15) is 11.1 Å². The van der Waals surface area contributed by atoms with Gasteiger partial charge in [0.15, 0.2) is 0 Å². The van der Waals surface area contributed by atoms with Gasteiger partial charge in [-0.25, -0.2) is 0 Å². The van der Waals surface area contributed by atoms with E-state index < -0.39 is 0 Å². The normalized spacial score (nSPS) is 13.9. The van der Waals surface area contributed by atoms with Crippen molar-refractivity contribution < 1.29 is 0 Å². The number of nitrogens with zero attached hydrogens (tertiary/aromatic N) is 3. The molecule has 0 amide bonds. The maximum absolute atomic E-state index is 9.61. The number of nitriles is 1. The Morgan fingerprint density at radius 2 is 1.15 bits per heavy atom. The number of allylic oxidation sites excluding steroid dienone is 4. The molecule has 3 heteroatoms. The van der Waals surface area contributed by atoms with Gasteiger partial charge in [0.1, 0.15) is 0 Å². The van der Waals surface area contributed by atoms with Gasteiger partial charge in [-0.2, -0.15) is 5.26 Å². The number of aromatic nitrogens is 1. The maximum atomic E-state index is 9.61. The summed E-state index contributed by atoms with van der Waals surface area (Å²) in [6.07, 6.45) is 8.30. The van der Waals surface area contributed by atoms with Crippen LogP contribution in [-0.2, 0) is 0 Å². The quantitative estimate of drug-likeness (QED) is 0.182. The SMILES string of the molecule is C=C1/C=C\C=C/CN(c2cccc(C#N)c2)c2ccc(-c3ccc4c(c3)c3ccccc3n4-c3cccc(-c4ccc(-c5ccccc5)cc4)c3)cc21. The molecule has 8 aromatic rings. The lowest BCUT2D eigenvalue weighted by molar-refractivity contribution is 1.09. The molecule has 53 heavy (non-hydrogen) atoms. The van der Waals surface area contributed by atoms with Gasteiger partial charge in [0.05, 0.1) is 22.7 Å². The van der Waals surface area contributed by atoms with Crippen LogP contribution in [0.3, 0.4) is 0 Å². The molecule has 0 radical (unpaired) electrons. The fourth-order valence-corrected chi connectivity index (χ4v) is 7.54. The number of rotatable bonds is 5. The van der Waals surface area contributed by atoms with Crippen molar-refractivity contribution in [3.05, 3.63) is 206 Å². The number of benzene rings is 7. The van der Waals surface area contributed by atoms with Gasteiger partial charge in [-0.15, -0.1) is 0 Å². The zero-order valence-electron chi connectivity index (χ0n) is 29.2. The molecule has 3 nitrogen and oxygen atoms in total. The predicted molar refractivity (Wildman–Crippen MR) is 223 cm³/mol. The lowest BCUT2D eigenvalue weighted by Crippen LogP contribution is -2.18. The van der Waals surface area contributed by atoms with Crippen molar-refractivity contribution in [2.45, 2.75) is 0 Å². The summed E-state index contributed by atoms with van der Waals surface area (Å²) in [7, 11) is 0. The molecule has 0 atom stereocenters. The van der Waals surface area contributed by atoms with Crippen LogP contribution >= 0.6 is 0 Å². The summed E-state index contributed by atoms with van der Waals surface area (Å²) in [6.45, 7) is 5.14. The van der Waals surface area contributed by atoms with Crippen LogP contribution in [0.2, 0.25) is 0 Å². The molecule has 0 aliphatic carbocycles.